The van der Waals surface area contributed by atoms with Crippen LogP contribution in [-0.2, 0) is 32.2 Å². The zero-order valence-electron chi connectivity index (χ0n) is 22.7. The Labute approximate surface area is 220 Å². The molecule has 0 aliphatic carbocycles. The smallest absolute Gasteiger partial charge is 0.414 e. The lowest BCUT2D eigenvalue weighted by atomic mass is 10.1. The summed E-state index contributed by atoms with van der Waals surface area (Å²) in [5.74, 6) is -0.504. The molecule has 0 spiro atoms. The van der Waals surface area contributed by atoms with Gasteiger partial charge in [0.2, 0.25) is 0 Å². The zero-order valence-corrected chi connectivity index (χ0v) is 22.7. The number of pyridine rings is 1. The monoisotopic (exact) mass is 514 g/mol. The highest BCUT2D eigenvalue weighted by atomic mass is 16.6. The number of ether oxygens (including phenoxy) is 3. The number of carbonyl (C=O) groups excluding carboxylic acids is 2. The van der Waals surface area contributed by atoms with Gasteiger partial charge in [0.15, 0.2) is 0 Å². The van der Waals surface area contributed by atoms with E-state index in [0.717, 1.165) is 45.1 Å². The van der Waals surface area contributed by atoms with Crippen LogP contribution in [0.2, 0.25) is 0 Å². The Morgan fingerprint density at radius 3 is 2.27 bits per heavy atom. The van der Waals surface area contributed by atoms with Crippen molar-refractivity contribution in [2.24, 2.45) is 0 Å². The topological polar surface area (TPSA) is 87.1 Å². The van der Waals surface area contributed by atoms with Crippen LogP contribution in [-0.4, -0.2) is 42.0 Å². The minimum absolute atomic E-state index is 0.211. The third kappa shape index (κ3) is 12.1. The van der Waals surface area contributed by atoms with Gasteiger partial charge >= 0.3 is 12.1 Å². The summed E-state index contributed by atoms with van der Waals surface area (Å²) < 4.78 is 17.6. The van der Waals surface area contributed by atoms with Gasteiger partial charge in [-0.3, -0.25) is 14.5 Å². The SMILES string of the molecule is CCOC(=O)Cn1cc(N(CCCCCCCCOCc2ccccc2)C(=O)OC(C)(C)C)ccc1=O. The van der Waals surface area contributed by atoms with Crippen molar-refractivity contribution >= 4 is 17.7 Å². The second kappa shape index (κ2) is 15.9. The maximum atomic E-state index is 13.0. The van der Waals surface area contributed by atoms with Crippen LogP contribution >= 0.6 is 0 Å². The van der Waals surface area contributed by atoms with Crippen molar-refractivity contribution in [1.29, 1.82) is 0 Å². The summed E-state index contributed by atoms with van der Waals surface area (Å²) in [4.78, 5) is 38.6. The number of esters is 1. The van der Waals surface area contributed by atoms with E-state index in [1.807, 2.05) is 39.0 Å². The number of aromatic nitrogens is 1. The average Bonchev–Trinajstić information content (AvgIpc) is 2.84. The number of nitrogens with zero attached hydrogens (tertiary/aromatic N) is 2. The van der Waals surface area contributed by atoms with Crippen molar-refractivity contribution in [3.05, 3.63) is 64.6 Å². The van der Waals surface area contributed by atoms with Crippen LogP contribution in [0, 0.1) is 0 Å². The van der Waals surface area contributed by atoms with Gasteiger partial charge in [-0.1, -0.05) is 56.0 Å². The lowest BCUT2D eigenvalue weighted by molar-refractivity contribution is -0.143. The van der Waals surface area contributed by atoms with E-state index in [4.69, 9.17) is 14.2 Å². The van der Waals surface area contributed by atoms with Crippen molar-refractivity contribution in [2.45, 2.75) is 85.0 Å². The van der Waals surface area contributed by atoms with E-state index in [9.17, 15) is 14.4 Å². The van der Waals surface area contributed by atoms with E-state index in [2.05, 4.69) is 12.1 Å². The molecule has 8 nitrogen and oxygen atoms in total. The third-order valence-corrected chi connectivity index (χ3v) is 5.53. The van der Waals surface area contributed by atoms with Crippen LogP contribution in [0.1, 0.15) is 71.8 Å². The van der Waals surface area contributed by atoms with Crippen LogP contribution < -0.4 is 10.5 Å². The number of anilines is 1. The highest BCUT2D eigenvalue weighted by Gasteiger charge is 2.24. The number of unbranched alkanes of at least 4 members (excludes halogenated alkanes) is 5. The Balaban J connectivity index is 1.83. The molecule has 1 aromatic carbocycles. The lowest BCUT2D eigenvalue weighted by Gasteiger charge is -2.27. The Morgan fingerprint density at radius 1 is 0.919 bits per heavy atom. The fourth-order valence-corrected chi connectivity index (χ4v) is 3.74. The lowest BCUT2D eigenvalue weighted by Crippen LogP contribution is -2.38. The van der Waals surface area contributed by atoms with Gasteiger partial charge < -0.3 is 18.8 Å². The van der Waals surface area contributed by atoms with Gasteiger partial charge in [0.05, 0.1) is 18.9 Å². The second-order valence-corrected chi connectivity index (χ2v) is 9.95. The van der Waals surface area contributed by atoms with E-state index in [1.54, 1.807) is 13.0 Å². The zero-order chi connectivity index (χ0) is 27.1. The number of benzene rings is 1. The highest BCUT2D eigenvalue weighted by Crippen LogP contribution is 2.19. The third-order valence-electron chi connectivity index (χ3n) is 5.53. The molecule has 2 rings (SSSR count). The quantitative estimate of drug-likeness (QED) is 0.223. The van der Waals surface area contributed by atoms with E-state index in [0.29, 0.717) is 18.8 Å². The minimum Gasteiger partial charge on any atom is -0.465 e. The number of hydrogen-bond donors (Lipinski definition) is 0. The minimum atomic E-state index is -0.655. The van der Waals surface area contributed by atoms with Gasteiger partial charge in [-0.2, -0.15) is 0 Å². The summed E-state index contributed by atoms with van der Waals surface area (Å²) in [5.41, 5.74) is 0.702. The second-order valence-electron chi connectivity index (χ2n) is 9.95. The van der Waals surface area contributed by atoms with Gasteiger partial charge in [-0.05, 0) is 52.2 Å². The highest BCUT2D eigenvalue weighted by molar-refractivity contribution is 5.87. The molecule has 0 fully saturated rings. The van der Waals surface area contributed by atoms with E-state index >= 15 is 0 Å². The molecule has 0 aliphatic heterocycles. The molecular formula is C29H42N2O6. The standard InChI is InChI=1S/C29H42N2O6/c1-5-36-27(33)22-30-21-25(17-18-26(30)32)31(28(34)37-29(2,3)4)19-13-8-6-7-9-14-20-35-23-24-15-11-10-12-16-24/h10-12,15-18,21H,5-9,13-14,19-20,22-23H2,1-4H3. The molecule has 0 bridgehead atoms. The summed E-state index contributed by atoms with van der Waals surface area (Å²) in [5, 5.41) is 0. The summed E-state index contributed by atoms with van der Waals surface area (Å²) in [7, 11) is 0. The van der Waals surface area contributed by atoms with Crippen molar-refractivity contribution in [3.63, 3.8) is 0 Å². The molecule has 0 N–H and O–H groups in total. The first kappa shape index (κ1) is 30.1. The fraction of sp³-hybridized carbons (Fsp3) is 0.552. The number of hydrogen-bond acceptors (Lipinski definition) is 6. The van der Waals surface area contributed by atoms with E-state index in [-0.39, 0.29) is 18.7 Å². The summed E-state index contributed by atoms with van der Waals surface area (Å²) in [6, 6.07) is 13.1. The maximum Gasteiger partial charge on any atom is 0.414 e. The number of carbonyl (C=O) groups is 2. The molecule has 0 radical (unpaired) electrons. The number of amides is 1. The summed E-state index contributed by atoms with van der Waals surface area (Å²) in [6.45, 7) is 9.03. The largest absolute Gasteiger partial charge is 0.465 e. The van der Waals surface area contributed by atoms with Crippen molar-refractivity contribution in [3.8, 4) is 0 Å². The van der Waals surface area contributed by atoms with Crippen LogP contribution in [0.5, 0.6) is 0 Å². The molecule has 2 aromatic rings. The van der Waals surface area contributed by atoms with Crippen LogP contribution in [0.4, 0.5) is 10.5 Å². The van der Waals surface area contributed by atoms with Crippen LogP contribution in [0.3, 0.4) is 0 Å². The first-order valence-corrected chi connectivity index (χ1v) is 13.2. The molecule has 1 aromatic heterocycles. The molecule has 0 unspecified atom stereocenters. The van der Waals surface area contributed by atoms with Gasteiger partial charge in [0.1, 0.15) is 12.1 Å². The molecule has 0 saturated heterocycles. The summed E-state index contributed by atoms with van der Waals surface area (Å²) in [6.07, 6.45) is 7.08. The Bertz CT molecular complexity index is 1010. The fourth-order valence-electron chi connectivity index (χ4n) is 3.74. The number of rotatable bonds is 15. The molecule has 1 amide bonds. The molecule has 0 saturated carbocycles. The van der Waals surface area contributed by atoms with Gasteiger partial charge in [-0.15, -0.1) is 0 Å². The van der Waals surface area contributed by atoms with Crippen molar-refractivity contribution in [1.82, 2.24) is 4.57 Å². The van der Waals surface area contributed by atoms with Gasteiger partial charge in [0.25, 0.3) is 5.56 Å². The predicted molar refractivity (Wildman–Crippen MR) is 145 cm³/mol. The molecule has 0 aliphatic rings. The van der Waals surface area contributed by atoms with Gasteiger partial charge in [0, 0.05) is 25.4 Å². The average molecular weight is 515 g/mol. The Kier molecular flexibility index (Phi) is 12.9. The van der Waals surface area contributed by atoms with Crippen molar-refractivity contribution < 1.29 is 23.8 Å². The normalized spacial score (nSPS) is 11.2. The molecule has 37 heavy (non-hydrogen) atoms. The Hall–Kier alpha value is -3.13. The molecule has 204 valence electrons. The molecular weight excluding hydrogens is 472 g/mol. The molecule has 8 heteroatoms. The summed E-state index contributed by atoms with van der Waals surface area (Å²) >= 11 is 0. The molecule has 0 atom stereocenters. The Morgan fingerprint density at radius 2 is 1.59 bits per heavy atom. The first-order chi connectivity index (χ1) is 17.7. The van der Waals surface area contributed by atoms with Crippen LogP contribution in [0.15, 0.2) is 53.5 Å². The van der Waals surface area contributed by atoms with E-state index in [1.165, 1.54) is 27.3 Å². The van der Waals surface area contributed by atoms with Gasteiger partial charge in [-0.25, -0.2) is 4.79 Å². The first-order valence-electron chi connectivity index (χ1n) is 13.2. The predicted octanol–water partition coefficient (Wildman–Crippen LogP) is 5.71. The van der Waals surface area contributed by atoms with Crippen molar-refractivity contribution in [2.75, 3.05) is 24.7 Å². The molecule has 1 heterocycles. The maximum absolute atomic E-state index is 13.0. The van der Waals surface area contributed by atoms with E-state index < -0.39 is 17.7 Å². The van der Waals surface area contributed by atoms with Crippen LogP contribution in [0.25, 0.3) is 0 Å².